The molecule has 2 aromatic carbocycles. The third-order valence-corrected chi connectivity index (χ3v) is 4.09. The van der Waals surface area contributed by atoms with E-state index in [-0.39, 0.29) is 24.4 Å². The summed E-state index contributed by atoms with van der Waals surface area (Å²) in [6.45, 7) is 0.116. The lowest BCUT2D eigenvalue weighted by Crippen LogP contribution is -2.26. The second-order valence-electron chi connectivity index (χ2n) is 5.63. The number of nitrogens with zero attached hydrogens (tertiary/aromatic N) is 5. The van der Waals surface area contributed by atoms with Gasteiger partial charge in [-0.2, -0.15) is 9.94 Å². The summed E-state index contributed by atoms with van der Waals surface area (Å²) < 4.78 is 3.92. The van der Waals surface area contributed by atoms with Gasteiger partial charge in [0.15, 0.2) is 0 Å². The van der Waals surface area contributed by atoms with E-state index in [9.17, 15) is 9.59 Å². The molecule has 0 unspecified atom stereocenters. The first-order valence-electron chi connectivity index (χ1n) is 7.72. The zero-order valence-electron chi connectivity index (χ0n) is 13.2. The van der Waals surface area contributed by atoms with Gasteiger partial charge in [0.2, 0.25) is 5.78 Å². The monoisotopic (exact) mass is 331 g/mol. The van der Waals surface area contributed by atoms with E-state index in [0.29, 0.717) is 10.9 Å². The van der Waals surface area contributed by atoms with Gasteiger partial charge in [-0.25, -0.2) is 9.20 Å². The van der Waals surface area contributed by atoms with Crippen LogP contribution in [0, 0.1) is 11.3 Å². The molecular formula is C18H13N5O2. The van der Waals surface area contributed by atoms with Gasteiger partial charge in [-0.1, -0.05) is 42.5 Å². The molecule has 4 rings (SSSR count). The van der Waals surface area contributed by atoms with Crippen molar-refractivity contribution < 1.29 is 0 Å². The van der Waals surface area contributed by atoms with Gasteiger partial charge in [-0.3, -0.25) is 9.36 Å². The van der Waals surface area contributed by atoms with Gasteiger partial charge < -0.3 is 0 Å². The lowest BCUT2D eigenvalue weighted by molar-refractivity contribution is 0.674. The highest BCUT2D eigenvalue weighted by atomic mass is 16.2. The SMILES string of the molecule is N#CCn1nc2n(Cc3ccccc3)c(=O)c3ccccc3n2c1=O. The van der Waals surface area contributed by atoms with Crippen molar-refractivity contribution >= 4 is 16.7 Å². The number of para-hydroxylation sites is 1. The molecule has 0 bridgehead atoms. The molecule has 2 aromatic heterocycles. The standard InChI is InChI=1S/C18H13N5O2/c19-10-11-22-18(25)23-15-9-5-4-8-14(15)16(24)21(17(23)20-22)12-13-6-2-1-3-7-13/h1-9H,11-12H2. The van der Waals surface area contributed by atoms with Gasteiger partial charge in [0.25, 0.3) is 5.56 Å². The highest BCUT2D eigenvalue weighted by Crippen LogP contribution is 2.12. The van der Waals surface area contributed by atoms with Gasteiger partial charge >= 0.3 is 5.69 Å². The summed E-state index contributed by atoms with van der Waals surface area (Å²) in [5.41, 5.74) is 0.751. The van der Waals surface area contributed by atoms with E-state index in [0.717, 1.165) is 10.2 Å². The van der Waals surface area contributed by atoms with Crippen LogP contribution in [0.15, 0.2) is 64.2 Å². The summed E-state index contributed by atoms with van der Waals surface area (Å²) in [4.78, 5) is 25.6. The zero-order valence-corrected chi connectivity index (χ0v) is 13.2. The third kappa shape index (κ3) is 2.32. The predicted octanol–water partition coefficient (Wildman–Crippen LogP) is 1.38. The molecular weight excluding hydrogens is 318 g/mol. The molecule has 25 heavy (non-hydrogen) atoms. The second kappa shape index (κ2) is 5.76. The van der Waals surface area contributed by atoms with Crippen LogP contribution in [0.5, 0.6) is 0 Å². The Bertz CT molecular complexity index is 1240. The van der Waals surface area contributed by atoms with Crippen molar-refractivity contribution in [2.45, 2.75) is 13.1 Å². The molecule has 7 heteroatoms. The first kappa shape index (κ1) is 14.9. The van der Waals surface area contributed by atoms with Crippen LogP contribution in [0.25, 0.3) is 16.7 Å². The molecule has 7 nitrogen and oxygen atoms in total. The second-order valence-corrected chi connectivity index (χ2v) is 5.63. The first-order chi connectivity index (χ1) is 12.2. The largest absolute Gasteiger partial charge is 0.353 e. The minimum absolute atomic E-state index is 0.172. The van der Waals surface area contributed by atoms with Crippen molar-refractivity contribution in [2.24, 2.45) is 0 Å². The van der Waals surface area contributed by atoms with Gasteiger partial charge in [-0.05, 0) is 17.7 Å². The summed E-state index contributed by atoms with van der Waals surface area (Å²) in [5, 5.41) is 13.6. The van der Waals surface area contributed by atoms with E-state index < -0.39 is 5.69 Å². The predicted molar refractivity (Wildman–Crippen MR) is 92.4 cm³/mol. The van der Waals surface area contributed by atoms with Crippen molar-refractivity contribution in [1.29, 1.82) is 5.26 Å². The van der Waals surface area contributed by atoms with E-state index in [1.807, 2.05) is 36.4 Å². The summed E-state index contributed by atoms with van der Waals surface area (Å²) in [7, 11) is 0. The average Bonchev–Trinajstić information content (AvgIpc) is 2.96. The van der Waals surface area contributed by atoms with Gasteiger partial charge in [0, 0.05) is 0 Å². The quantitative estimate of drug-likeness (QED) is 0.568. The summed E-state index contributed by atoms with van der Waals surface area (Å²) in [6, 6.07) is 18.3. The molecule has 0 amide bonds. The Balaban J connectivity index is 2.11. The molecule has 0 aliphatic carbocycles. The fraction of sp³-hybridized carbons (Fsp3) is 0.111. The molecule has 4 aromatic rings. The number of rotatable bonds is 3. The van der Waals surface area contributed by atoms with Crippen LogP contribution < -0.4 is 11.2 Å². The fourth-order valence-electron chi connectivity index (χ4n) is 2.95. The van der Waals surface area contributed by atoms with E-state index in [4.69, 9.17) is 5.26 Å². The molecule has 122 valence electrons. The summed E-state index contributed by atoms with van der Waals surface area (Å²) in [5.74, 6) is 0.229. The Labute approximate surface area is 141 Å². The number of benzene rings is 2. The molecule has 0 aliphatic heterocycles. The number of hydrogen-bond acceptors (Lipinski definition) is 4. The molecule has 0 fully saturated rings. The Morgan fingerprint density at radius 1 is 1.00 bits per heavy atom. The molecule has 0 saturated carbocycles. The van der Waals surface area contributed by atoms with Crippen LogP contribution in [-0.4, -0.2) is 18.7 Å². The molecule has 2 heterocycles. The van der Waals surface area contributed by atoms with Crippen LogP contribution in [0.2, 0.25) is 0 Å². The zero-order chi connectivity index (χ0) is 17.4. The average molecular weight is 331 g/mol. The van der Waals surface area contributed by atoms with Crippen LogP contribution in [0.4, 0.5) is 0 Å². The highest BCUT2D eigenvalue weighted by Gasteiger charge is 2.17. The molecule has 0 radical (unpaired) electrons. The van der Waals surface area contributed by atoms with Crippen LogP contribution in [-0.2, 0) is 13.1 Å². The molecule has 0 spiro atoms. The van der Waals surface area contributed by atoms with Crippen LogP contribution in [0.3, 0.4) is 0 Å². The van der Waals surface area contributed by atoms with Crippen molar-refractivity contribution in [3.05, 3.63) is 81.0 Å². The van der Waals surface area contributed by atoms with Crippen LogP contribution >= 0.6 is 0 Å². The Morgan fingerprint density at radius 2 is 1.72 bits per heavy atom. The van der Waals surface area contributed by atoms with Gasteiger partial charge in [0.05, 0.1) is 23.5 Å². The topological polar surface area (TPSA) is 85.1 Å². The third-order valence-electron chi connectivity index (χ3n) is 4.09. The first-order valence-corrected chi connectivity index (χ1v) is 7.72. The summed E-state index contributed by atoms with van der Waals surface area (Å²) in [6.07, 6.45) is 0. The van der Waals surface area contributed by atoms with Crippen molar-refractivity contribution in [3.63, 3.8) is 0 Å². The number of hydrogen-bond donors (Lipinski definition) is 0. The number of nitriles is 1. The number of aromatic nitrogens is 4. The Hall–Kier alpha value is -3.66. The van der Waals surface area contributed by atoms with E-state index in [2.05, 4.69) is 5.10 Å². The lowest BCUT2D eigenvalue weighted by Gasteiger charge is -2.09. The van der Waals surface area contributed by atoms with E-state index in [1.54, 1.807) is 24.3 Å². The maximum atomic E-state index is 13.0. The summed E-state index contributed by atoms with van der Waals surface area (Å²) >= 11 is 0. The van der Waals surface area contributed by atoms with Crippen molar-refractivity contribution in [3.8, 4) is 6.07 Å². The maximum absolute atomic E-state index is 13.0. The van der Waals surface area contributed by atoms with Crippen molar-refractivity contribution in [2.75, 3.05) is 0 Å². The highest BCUT2D eigenvalue weighted by molar-refractivity contribution is 5.80. The number of fused-ring (bicyclic) bond motifs is 3. The molecule has 0 atom stereocenters. The molecule has 0 N–H and O–H groups in total. The van der Waals surface area contributed by atoms with Crippen molar-refractivity contribution in [1.82, 2.24) is 18.7 Å². The minimum atomic E-state index is -0.436. The fourth-order valence-corrected chi connectivity index (χ4v) is 2.95. The van der Waals surface area contributed by atoms with Gasteiger partial charge in [-0.15, -0.1) is 5.10 Å². The normalized spacial score (nSPS) is 11.0. The van der Waals surface area contributed by atoms with Gasteiger partial charge in [0.1, 0.15) is 6.54 Å². The van der Waals surface area contributed by atoms with E-state index >= 15 is 0 Å². The minimum Gasteiger partial charge on any atom is -0.272 e. The maximum Gasteiger partial charge on any atom is 0.353 e. The Morgan fingerprint density at radius 3 is 2.48 bits per heavy atom. The molecule has 0 saturated heterocycles. The Kier molecular flexibility index (Phi) is 3.43. The lowest BCUT2D eigenvalue weighted by atomic mass is 10.2. The van der Waals surface area contributed by atoms with E-state index in [1.165, 1.54) is 8.97 Å². The van der Waals surface area contributed by atoms with Crippen LogP contribution in [0.1, 0.15) is 5.56 Å². The smallest absolute Gasteiger partial charge is 0.272 e. The molecule has 0 aliphatic rings.